The first-order valence-corrected chi connectivity index (χ1v) is 10.2. The van der Waals surface area contributed by atoms with Crippen molar-refractivity contribution in [3.05, 3.63) is 69.6 Å². The number of nitrogens with one attached hydrogen (secondary N) is 2. The minimum Gasteiger partial charge on any atom is -0.364 e. The third kappa shape index (κ3) is 3.84. The zero-order valence-electron chi connectivity index (χ0n) is 14.2. The molecule has 0 fully saturated rings. The first-order valence-electron chi connectivity index (χ1n) is 8.11. The number of carbonyl (C=O) groups is 2. The van der Waals surface area contributed by atoms with E-state index in [1.54, 1.807) is 23.7 Å². The summed E-state index contributed by atoms with van der Waals surface area (Å²) in [6, 6.07) is 12.8. The van der Waals surface area contributed by atoms with Crippen LogP contribution in [0.2, 0.25) is 5.02 Å². The molecule has 1 aromatic carbocycles. The predicted molar refractivity (Wildman–Crippen MR) is 113 cm³/mol. The highest BCUT2D eigenvalue weighted by atomic mass is 35.5. The lowest BCUT2D eigenvalue weighted by molar-refractivity contribution is 0.0994. The van der Waals surface area contributed by atoms with Gasteiger partial charge in [0.2, 0.25) is 0 Å². The summed E-state index contributed by atoms with van der Waals surface area (Å²) in [6.07, 6.45) is 1.65. The van der Waals surface area contributed by atoms with E-state index < -0.39 is 5.91 Å². The van der Waals surface area contributed by atoms with E-state index in [0.29, 0.717) is 26.4 Å². The van der Waals surface area contributed by atoms with Crippen molar-refractivity contribution in [3.8, 4) is 21.7 Å². The van der Waals surface area contributed by atoms with Gasteiger partial charge in [-0.25, -0.2) is 4.98 Å². The third-order valence-electron chi connectivity index (χ3n) is 3.93. The highest BCUT2D eigenvalue weighted by molar-refractivity contribution is 7.17. The summed E-state index contributed by atoms with van der Waals surface area (Å²) in [4.78, 5) is 32.5. The molecular formula is C19H13ClN4O2S2. The number of halogens is 1. The Morgan fingerprint density at radius 2 is 1.89 bits per heavy atom. The maximum Gasteiger partial charge on any atom is 0.267 e. The first kappa shape index (κ1) is 18.4. The van der Waals surface area contributed by atoms with Gasteiger partial charge in [0.15, 0.2) is 5.13 Å². The molecule has 0 unspecified atom stereocenters. The predicted octanol–water partition coefficient (Wildman–Crippen LogP) is 4.87. The van der Waals surface area contributed by atoms with Crippen LogP contribution in [0.3, 0.4) is 0 Å². The zero-order chi connectivity index (χ0) is 19.7. The summed E-state index contributed by atoms with van der Waals surface area (Å²) in [5.74, 6) is -0.762. The molecule has 3 aromatic heterocycles. The van der Waals surface area contributed by atoms with Gasteiger partial charge in [-0.3, -0.25) is 14.9 Å². The van der Waals surface area contributed by atoms with Gasteiger partial charge in [-0.1, -0.05) is 23.7 Å². The number of hydrogen-bond acceptors (Lipinski definition) is 5. The van der Waals surface area contributed by atoms with Crippen molar-refractivity contribution < 1.29 is 9.59 Å². The minimum absolute atomic E-state index is 0.224. The Hall–Kier alpha value is -2.94. The number of amides is 2. The molecule has 4 N–H and O–H groups in total. The monoisotopic (exact) mass is 428 g/mol. The van der Waals surface area contributed by atoms with Gasteiger partial charge < -0.3 is 10.7 Å². The summed E-state index contributed by atoms with van der Waals surface area (Å²) in [5, 5.41) is 5.76. The molecule has 0 radical (unpaired) electrons. The van der Waals surface area contributed by atoms with Gasteiger partial charge in [-0.15, -0.1) is 22.7 Å². The van der Waals surface area contributed by atoms with E-state index in [-0.39, 0.29) is 5.91 Å². The molecule has 9 heteroatoms. The van der Waals surface area contributed by atoms with Crippen molar-refractivity contribution in [3.63, 3.8) is 0 Å². The lowest BCUT2D eigenvalue weighted by Gasteiger charge is -1.99. The second kappa shape index (κ2) is 7.59. The summed E-state index contributed by atoms with van der Waals surface area (Å²) in [6.45, 7) is 0. The van der Waals surface area contributed by atoms with Crippen molar-refractivity contribution in [1.29, 1.82) is 0 Å². The number of primary amides is 1. The summed E-state index contributed by atoms with van der Waals surface area (Å²) in [7, 11) is 0. The number of benzene rings is 1. The fourth-order valence-electron chi connectivity index (χ4n) is 2.54. The van der Waals surface area contributed by atoms with Crippen LogP contribution < -0.4 is 11.1 Å². The van der Waals surface area contributed by atoms with Crippen LogP contribution in [0.1, 0.15) is 20.2 Å². The second-order valence-electron chi connectivity index (χ2n) is 5.83. The van der Waals surface area contributed by atoms with Gasteiger partial charge >= 0.3 is 0 Å². The third-order valence-corrected chi connectivity index (χ3v) is 6.07. The Kier molecular flexibility index (Phi) is 4.99. The van der Waals surface area contributed by atoms with Crippen LogP contribution in [-0.2, 0) is 0 Å². The molecule has 2 amide bonds. The molecule has 4 rings (SSSR count). The number of aromatic amines is 1. The number of thiazole rings is 1. The Morgan fingerprint density at radius 1 is 1.11 bits per heavy atom. The molecule has 0 spiro atoms. The fourth-order valence-corrected chi connectivity index (χ4v) is 4.28. The van der Waals surface area contributed by atoms with E-state index in [2.05, 4.69) is 15.3 Å². The van der Waals surface area contributed by atoms with Gasteiger partial charge in [0.25, 0.3) is 11.8 Å². The fraction of sp³-hybridized carbons (Fsp3) is 0. The number of nitrogens with zero attached hydrogens (tertiary/aromatic N) is 1. The molecule has 140 valence electrons. The number of nitrogens with two attached hydrogens (primary N) is 1. The summed E-state index contributed by atoms with van der Waals surface area (Å²) >= 11 is 8.62. The molecule has 0 saturated carbocycles. The molecular weight excluding hydrogens is 416 g/mol. The lowest BCUT2D eigenvalue weighted by atomic mass is 10.2. The lowest BCUT2D eigenvalue weighted by Crippen LogP contribution is -2.10. The average molecular weight is 429 g/mol. The molecule has 0 aliphatic heterocycles. The van der Waals surface area contributed by atoms with E-state index in [0.717, 1.165) is 16.0 Å². The Balaban J connectivity index is 1.47. The second-order valence-corrected chi connectivity index (χ2v) is 8.21. The van der Waals surface area contributed by atoms with Crippen LogP contribution >= 0.6 is 34.3 Å². The van der Waals surface area contributed by atoms with Crippen LogP contribution in [0.4, 0.5) is 5.13 Å². The average Bonchev–Trinajstić information content (AvgIpc) is 3.42. The number of anilines is 1. The molecule has 4 aromatic rings. The van der Waals surface area contributed by atoms with Crippen molar-refractivity contribution in [2.75, 3.05) is 5.32 Å². The minimum atomic E-state index is -0.538. The van der Waals surface area contributed by atoms with Crippen LogP contribution in [0.15, 0.2) is 54.0 Å². The molecule has 0 saturated heterocycles. The first-order chi connectivity index (χ1) is 13.5. The van der Waals surface area contributed by atoms with E-state index >= 15 is 0 Å². The van der Waals surface area contributed by atoms with E-state index in [1.165, 1.54) is 22.7 Å². The molecule has 6 nitrogen and oxygen atoms in total. The highest BCUT2D eigenvalue weighted by Gasteiger charge is 2.14. The number of aromatic nitrogens is 2. The number of carbonyl (C=O) groups excluding carboxylic acids is 2. The summed E-state index contributed by atoms with van der Waals surface area (Å²) in [5.41, 5.74) is 7.93. The largest absolute Gasteiger partial charge is 0.364 e. The molecule has 0 aliphatic rings. The molecule has 3 heterocycles. The maximum atomic E-state index is 12.5. The van der Waals surface area contributed by atoms with Gasteiger partial charge in [0.05, 0.1) is 10.6 Å². The van der Waals surface area contributed by atoms with Crippen LogP contribution in [0.5, 0.6) is 0 Å². The highest BCUT2D eigenvalue weighted by Crippen LogP contribution is 2.30. The van der Waals surface area contributed by atoms with Gasteiger partial charge in [0.1, 0.15) is 5.69 Å². The van der Waals surface area contributed by atoms with Crippen LogP contribution in [0.25, 0.3) is 21.7 Å². The molecule has 0 atom stereocenters. The van der Waals surface area contributed by atoms with E-state index in [9.17, 15) is 9.59 Å². The van der Waals surface area contributed by atoms with Gasteiger partial charge in [-0.2, -0.15) is 0 Å². The van der Waals surface area contributed by atoms with Crippen LogP contribution in [-0.4, -0.2) is 21.8 Å². The standard InChI is InChI=1S/C19H13ClN4O2S2/c20-12-3-1-10(2-4-12)15-5-6-16(28-15)18(26)24-19-23-14(9-27-19)11-7-13(17(21)25)22-8-11/h1-9,22H,(H2,21,25)(H,23,24,26). The molecule has 0 aliphatic carbocycles. The van der Waals surface area contributed by atoms with Crippen molar-refractivity contribution in [2.45, 2.75) is 0 Å². The molecule has 0 bridgehead atoms. The van der Waals surface area contributed by atoms with E-state index in [1.807, 2.05) is 30.3 Å². The van der Waals surface area contributed by atoms with Crippen molar-refractivity contribution in [2.24, 2.45) is 5.73 Å². The topological polar surface area (TPSA) is 101 Å². The number of H-pyrrole nitrogens is 1. The number of rotatable bonds is 5. The SMILES string of the molecule is NC(=O)c1cc(-c2csc(NC(=O)c3ccc(-c4ccc(Cl)cc4)s3)n2)c[nH]1. The normalized spacial score (nSPS) is 10.8. The van der Waals surface area contributed by atoms with Gasteiger partial charge in [0, 0.05) is 27.0 Å². The maximum absolute atomic E-state index is 12.5. The Morgan fingerprint density at radius 3 is 2.61 bits per heavy atom. The number of hydrogen-bond donors (Lipinski definition) is 3. The van der Waals surface area contributed by atoms with Crippen molar-refractivity contribution >= 4 is 51.2 Å². The summed E-state index contributed by atoms with van der Waals surface area (Å²) < 4.78 is 0. The van der Waals surface area contributed by atoms with Gasteiger partial charge in [-0.05, 0) is 35.9 Å². The Bertz CT molecular complexity index is 1160. The number of thiophene rings is 1. The Labute approximate surface area is 173 Å². The molecule has 28 heavy (non-hydrogen) atoms. The van der Waals surface area contributed by atoms with E-state index in [4.69, 9.17) is 17.3 Å². The zero-order valence-corrected chi connectivity index (χ0v) is 16.6. The van der Waals surface area contributed by atoms with Crippen LogP contribution in [0, 0.1) is 0 Å². The van der Waals surface area contributed by atoms with Crippen molar-refractivity contribution in [1.82, 2.24) is 9.97 Å². The quantitative estimate of drug-likeness (QED) is 0.422. The smallest absolute Gasteiger partial charge is 0.267 e.